The number of hydrogen-bond acceptors (Lipinski definition) is 3. The molecule has 0 unspecified atom stereocenters. The van der Waals surface area contributed by atoms with E-state index in [2.05, 4.69) is 0 Å². The van der Waals surface area contributed by atoms with Gasteiger partial charge < -0.3 is 5.48 Å². The van der Waals surface area contributed by atoms with Crippen molar-refractivity contribution in [3.05, 3.63) is 21.9 Å². The van der Waals surface area contributed by atoms with E-state index in [0.717, 1.165) is 5.56 Å². The molecule has 60 valence electrons. The van der Waals surface area contributed by atoms with Crippen LogP contribution in [0.25, 0.3) is 0 Å². The van der Waals surface area contributed by atoms with Gasteiger partial charge in [0.15, 0.2) is 6.29 Å². The van der Waals surface area contributed by atoms with Gasteiger partial charge in [0.2, 0.25) is 5.78 Å². The zero-order chi connectivity index (χ0) is 7.56. The second kappa shape index (κ2) is 4.00. The molecule has 0 aliphatic rings. The van der Waals surface area contributed by atoms with E-state index in [1.54, 1.807) is 6.07 Å². The van der Waals surface area contributed by atoms with Crippen molar-refractivity contribution in [2.45, 2.75) is 6.92 Å². The van der Waals surface area contributed by atoms with E-state index in [-0.39, 0.29) is 5.48 Å². The van der Waals surface area contributed by atoms with E-state index in [9.17, 15) is 9.59 Å². The zero-order valence-electron chi connectivity index (χ0n) is 5.96. The van der Waals surface area contributed by atoms with Gasteiger partial charge in [0, 0.05) is 0 Å². The van der Waals surface area contributed by atoms with Crippen LogP contribution in [0.1, 0.15) is 15.2 Å². The number of Topliss-reactive ketones (excluding diaryl/α,β-unsaturated/α-hetero) is 1. The Morgan fingerprint density at radius 2 is 2.27 bits per heavy atom. The summed E-state index contributed by atoms with van der Waals surface area (Å²) in [5, 5.41) is 1.84. The Bertz CT molecular complexity index is 264. The minimum atomic E-state index is -0.432. The quantitative estimate of drug-likeness (QED) is 0.372. The van der Waals surface area contributed by atoms with E-state index in [1.165, 1.54) is 11.3 Å². The number of aryl methyl sites for hydroxylation is 1. The normalized spacial score (nSPS) is 8.45. The molecule has 0 saturated heterocycles. The molecule has 0 aromatic carbocycles. The Hall–Kier alpha value is -1.00. The molecule has 11 heavy (non-hydrogen) atoms. The topological polar surface area (TPSA) is 65.6 Å². The van der Waals surface area contributed by atoms with Gasteiger partial charge in [-0.15, -0.1) is 11.3 Å². The molecule has 1 aromatic heterocycles. The molecule has 1 rings (SSSR count). The number of carbonyl (C=O) groups excluding carboxylic acids is 2. The van der Waals surface area contributed by atoms with Gasteiger partial charge in [-0.25, -0.2) is 0 Å². The van der Waals surface area contributed by atoms with Crippen LogP contribution in [-0.2, 0) is 4.79 Å². The lowest BCUT2D eigenvalue weighted by atomic mass is 10.3. The maximum absolute atomic E-state index is 10.7. The first-order valence-corrected chi connectivity index (χ1v) is 3.66. The van der Waals surface area contributed by atoms with Gasteiger partial charge in [-0.1, -0.05) is 0 Å². The molecule has 0 saturated carbocycles. The number of carbonyl (C=O) groups is 2. The summed E-state index contributed by atoms with van der Waals surface area (Å²) >= 11 is 1.30. The Morgan fingerprint density at radius 1 is 1.64 bits per heavy atom. The van der Waals surface area contributed by atoms with Crippen LogP contribution >= 0.6 is 11.3 Å². The van der Waals surface area contributed by atoms with Crippen molar-refractivity contribution < 1.29 is 15.1 Å². The Labute approximate surface area is 68.0 Å². The number of rotatable bonds is 2. The molecule has 1 heterocycles. The van der Waals surface area contributed by atoms with Gasteiger partial charge in [-0.2, -0.15) is 0 Å². The van der Waals surface area contributed by atoms with E-state index in [1.807, 2.05) is 12.3 Å². The number of ketones is 1. The zero-order valence-corrected chi connectivity index (χ0v) is 6.77. The fraction of sp³-hybridized carbons (Fsp3) is 0.143. The summed E-state index contributed by atoms with van der Waals surface area (Å²) in [6, 6.07) is 1.71. The van der Waals surface area contributed by atoms with Crippen LogP contribution < -0.4 is 0 Å². The second-order valence-corrected chi connectivity index (χ2v) is 2.88. The maximum atomic E-state index is 10.7. The van der Waals surface area contributed by atoms with Crippen molar-refractivity contribution in [3.8, 4) is 0 Å². The summed E-state index contributed by atoms with van der Waals surface area (Å²) in [7, 11) is 0. The molecular weight excluding hydrogens is 164 g/mol. The van der Waals surface area contributed by atoms with Crippen LogP contribution in [0, 0.1) is 6.92 Å². The van der Waals surface area contributed by atoms with E-state index < -0.39 is 5.78 Å². The lowest BCUT2D eigenvalue weighted by molar-refractivity contribution is -0.104. The van der Waals surface area contributed by atoms with Crippen molar-refractivity contribution in [3.63, 3.8) is 0 Å². The van der Waals surface area contributed by atoms with Gasteiger partial charge in [-0.3, -0.25) is 9.59 Å². The third kappa shape index (κ3) is 2.25. The van der Waals surface area contributed by atoms with Gasteiger partial charge in [0.25, 0.3) is 0 Å². The smallest absolute Gasteiger partial charge is 0.235 e. The van der Waals surface area contributed by atoms with Gasteiger partial charge in [0.05, 0.1) is 4.88 Å². The standard InChI is InChI=1S/C7H6O2S.H2O/c1-5-2-7(10-4-5)6(9)3-8;/h2-4H,1H3;1H2. The Balaban J connectivity index is 0.000001000. The first kappa shape index (κ1) is 10.0. The Morgan fingerprint density at radius 3 is 2.64 bits per heavy atom. The predicted molar refractivity (Wildman–Crippen MR) is 43.1 cm³/mol. The molecule has 0 bridgehead atoms. The summed E-state index contributed by atoms with van der Waals surface area (Å²) in [6.45, 7) is 1.89. The highest BCUT2D eigenvalue weighted by molar-refractivity contribution is 7.12. The molecule has 0 amide bonds. The summed E-state index contributed by atoms with van der Waals surface area (Å²) < 4.78 is 0. The van der Waals surface area contributed by atoms with E-state index in [0.29, 0.717) is 11.2 Å². The van der Waals surface area contributed by atoms with Crippen molar-refractivity contribution in [2.24, 2.45) is 0 Å². The highest BCUT2D eigenvalue weighted by atomic mass is 32.1. The van der Waals surface area contributed by atoms with Crippen LogP contribution in [0.15, 0.2) is 11.4 Å². The number of thiophene rings is 1. The van der Waals surface area contributed by atoms with Crippen molar-refractivity contribution in [2.75, 3.05) is 0 Å². The highest BCUT2D eigenvalue weighted by Gasteiger charge is 2.04. The summed E-state index contributed by atoms with van der Waals surface area (Å²) in [5.41, 5.74) is 1.02. The lowest BCUT2D eigenvalue weighted by Gasteiger charge is -1.79. The summed E-state index contributed by atoms with van der Waals surface area (Å²) in [4.78, 5) is 21.2. The molecule has 3 nitrogen and oxygen atoms in total. The van der Waals surface area contributed by atoms with E-state index in [4.69, 9.17) is 0 Å². The molecular formula is C7H8O3S. The van der Waals surface area contributed by atoms with Crippen LogP contribution in [0.3, 0.4) is 0 Å². The molecule has 0 fully saturated rings. The van der Waals surface area contributed by atoms with Gasteiger partial charge >= 0.3 is 0 Å². The molecule has 0 radical (unpaired) electrons. The monoisotopic (exact) mass is 172 g/mol. The van der Waals surface area contributed by atoms with Crippen molar-refractivity contribution in [1.82, 2.24) is 0 Å². The first-order chi connectivity index (χ1) is 4.74. The molecule has 4 heteroatoms. The highest BCUT2D eigenvalue weighted by Crippen LogP contribution is 2.12. The largest absolute Gasteiger partial charge is 0.412 e. The predicted octanol–water partition coefficient (Wildman–Crippen LogP) is 0.613. The van der Waals surface area contributed by atoms with Gasteiger partial charge in [0.1, 0.15) is 0 Å². The minimum absolute atomic E-state index is 0. The third-order valence-corrected chi connectivity index (χ3v) is 2.14. The third-order valence-electron chi connectivity index (χ3n) is 1.08. The second-order valence-electron chi connectivity index (χ2n) is 1.97. The SMILES string of the molecule is Cc1csc(C(=O)C=O)c1.O. The van der Waals surface area contributed by atoms with E-state index >= 15 is 0 Å². The van der Waals surface area contributed by atoms with Crippen LogP contribution in [0.2, 0.25) is 0 Å². The molecule has 1 aromatic rings. The maximum Gasteiger partial charge on any atom is 0.235 e. The number of aldehydes is 1. The average molecular weight is 172 g/mol. The lowest BCUT2D eigenvalue weighted by Crippen LogP contribution is -1.94. The average Bonchev–Trinajstić information content (AvgIpc) is 2.34. The fourth-order valence-corrected chi connectivity index (χ4v) is 1.42. The fourth-order valence-electron chi connectivity index (χ4n) is 0.619. The van der Waals surface area contributed by atoms with Crippen LogP contribution in [-0.4, -0.2) is 17.5 Å². The Kier molecular flexibility index (Phi) is 3.64. The molecule has 0 atom stereocenters. The van der Waals surface area contributed by atoms with Gasteiger partial charge in [-0.05, 0) is 23.9 Å². The molecule has 0 aliphatic heterocycles. The number of hydrogen-bond donors (Lipinski definition) is 0. The minimum Gasteiger partial charge on any atom is -0.412 e. The van der Waals surface area contributed by atoms with Crippen molar-refractivity contribution >= 4 is 23.4 Å². The van der Waals surface area contributed by atoms with Crippen LogP contribution in [0.4, 0.5) is 0 Å². The van der Waals surface area contributed by atoms with Crippen molar-refractivity contribution in [1.29, 1.82) is 0 Å². The molecule has 0 spiro atoms. The summed E-state index contributed by atoms with van der Waals surface area (Å²) in [6.07, 6.45) is 0.339. The summed E-state index contributed by atoms with van der Waals surface area (Å²) in [5.74, 6) is -0.432. The molecule has 0 aliphatic carbocycles. The first-order valence-electron chi connectivity index (χ1n) is 2.78. The molecule has 2 N–H and O–H groups in total. The van der Waals surface area contributed by atoms with Crippen LogP contribution in [0.5, 0.6) is 0 Å².